The summed E-state index contributed by atoms with van der Waals surface area (Å²) in [5.41, 5.74) is 0.821. The van der Waals surface area contributed by atoms with Crippen molar-refractivity contribution in [3.8, 4) is 5.75 Å². The molecule has 0 aliphatic carbocycles. The van der Waals surface area contributed by atoms with E-state index in [0.29, 0.717) is 12.6 Å². The van der Waals surface area contributed by atoms with Crippen molar-refractivity contribution >= 4 is 5.96 Å². The van der Waals surface area contributed by atoms with Crippen LogP contribution in [0.5, 0.6) is 5.75 Å². The summed E-state index contributed by atoms with van der Waals surface area (Å²) >= 11 is 0. The predicted molar refractivity (Wildman–Crippen MR) is 116 cm³/mol. The Bertz CT molecular complexity index is 606. The fourth-order valence-electron chi connectivity index (χ4n) is 3.61. The highest BCUT2D eigenvalue weighted by Gasteiger charge is 2.21. The Hall–Kier alpha value is -1.79. The molecule has 1 heterocycles. The van der Waals surface area contributed by atoms with E-state index < -0.39 is 6.10 Å². The molecular formula is C22H38N4O2. The number of likely N-dealkylation sites (N-methyl/N-ethyl adjacent to an activating group) is 1. The Balaban J connectivity index is 1.93. The molecule has 0 aromatic heterocycles. The van der Waals surface area contributed by atoms with E-state index in [2.05, 4.69) is 34.4 Å². The van der Waals surface area contributed by atoms with Gasteiger partial charge in [-0.1, -0.05) is 25.5 Å². The van der Waals surface area contributed by atoms with Gasteiger partial charge in [-0.2, -0.15) is 0 Å². The van der Waals surface area contributed by atoms with Gasteiger partial charge in [0.2, 0.25) is 0 Å². The van der Waals surface area contributed by atoms with Crippen molar-refractivity contribution < 1.29 is 9.84 Å². The van der Waals surface area contributed by atoms with E-state index in [1.54, 1.807) is 0 Å². The summed E-state index contributed by atoms with van der Waals surface area (Å²) < 4.78 is 5.72. The Kier molecular flexibility index (Phi) is 9.58. The molecule has 2 unspecified atom stereocenters. The number of piperidine rings is 1. The van der Waals surface area contributed by atoms with Crippen molar-refractivity contribution in [1.82, 2.24) is 15.5 Å². The summed E-state index contributed by atoms with van der Waals surface area (Å²) in [4.78, 5) is 7.14. The van der Waals surface area contributed by atoms with Gasteiger partial charge in [0.05, 0.1) is 18.8 Å². The van der Waals surface area contributed by atoms with Crippen LogP contribution in [-0.4, -0.2) is 60.8 Å². The van der Waals surface area contributed by atoms with Gasteiger partial charge in [-0.3, -0.25) is 9.89 Å². The van der Waals surface area contributed by atoms with Gasteiger partial charge >= 0.3 is 0 Å². The fourth-order valence-corrected chi connectivity index (χ4v) is 3.61. The Morgan fingerprint density at radius 1 is 1.29 bits per heavy atom. The molecule has 1 aliphatic rings. The average molecular weight is 391 g/mol. The molecule has 1 aliphatic heterocycles. The van der Waals surface area contributed by atoms with Crippen LogP contribution in [-0.2, 0) is 0 Å². The van der Waals surface area contributed by atoms with Crippen LogP contribution in [0.25, 0.3) is 0 Å². The number of likely N-dealkylation sites (tertiary alicyclic amines) is 1. The van der Waals surface area contributed by atoms with E-state index in [1.165, 1.54) is 25.8 Å². The number of aliphatic imine (C=N–C) groups is 1. The average Bonchev–Trinajstić information content (AvgIpc) is 2.69. The lowest BCUT2D eigenvalue weighted by molar-refractivity contribution is 0.157. The number of hydrogen-bond donors (Lipinski definition) is 3. The van der Waals surface area contributed by atoms with E-state index in [1.807, 2.05) is 38.1 Å². The first kappa shape index (κ1) is 22.5. The molecule has 1 aromatic carbocycles. The summed E-state index contributed by atoms with van der Waals surface area (Å²) in [6.07, 6.45) is 3.27. The van der Waals surface area contributed by atoms with Crippen molar-refractivity contribution in [2.24, 2.45) is 4.99 Å². The first-order valence-electron chi connectivity index (χ1n) is 10.7. The highest BCUT2D eigenvalue weighted by molar-refractivity contribution is 5.79. The highest BCUT2D eigenvalue weighted by atomic mass is 16.5. The highest BCUT2D eigenvalue weighted by Crippen LogP contribution is 2.20. The molecule has 2 atom stereocenters. The molecule has 3 N–H and O–H groups in total. The van der Waals surface area contributed by atoms with Gasteiger partial charge in [0, 0.05) is 19.1 Å². The van der Waals surface area contributed by atoms with Gasteiger partial charge in [-0.25, -0.2) is 0 Å². The van der Waals surface area contributed by atoms with E-state index >= 15 is 0 Å². The first-order valence-corrected chi connectivity index (χ1v) is 10.7. The molecule has 28 heavy (non-hydrogen) atoms. The van der Waals surface area contributed by atoms with Crippen molar-refractivity contribution in [2.75, 3.05) is 32.7 Å². The first-order chi connectivity index (χ1) is 13.5. The summed E-state index contributed by atoms with van der Waals surface area (Å²) in [6.45, 7) is 12.5. The minimum absolute atomic E-state index is 0.109. The molecule has 0 radical (unpaired) electrons. The molecule has 6 heteroatoms. The minimum atomic E-state index is -0.659. The molecule has 1 aromatic rings. The smallest absolute Gasteiger partial charge is 0.191 e. The van der Waals surface area contributed by atoms with Crippen molar-refractivity contribution in [2.45, 2.75) is 65.2 Å². The lowest BCUT2D eigenvalue weighted by Crippen LogP contribution is -2.49. The second-order valence-electron chi connectivity index (χ2n) is 7.63. The van der Waals surface area contributed by atoms with E-state index in [0.717, 1.165) is 36.9 Å². The molecule has 2 rings (SSSR count). The minimum Gasteiger partial charge on any atom is -0.491 e. The quantitative estimate of drug-likeness (QED) is 0.447. The number of nitrogens with one attached hydrogen (secondary N) is 2. The van der Waals surface area contributed by atoms with E-state index in [4.69, 9.17) is 4.74 Å². The largest absolute Gasteiger partial charge is 0.491 e. The zero-order valence-corrected chi connectivity index (χ0v) is 17.9. The number of aliphatic hydroxyl groups is 1. The number of nitrogens with zero attached hydrogens (tertiary/aromatic N) is 2. The molecule has 0 bridgehead atoms. The van der Waals surface area contributed by atoms with Gasteiger partial charge in [-0.05, 0) is 64.4 Å². The Morgan fingerprint density at radius 3 is 2.82 bits per heavy atom. The number of rotatable bonds is 9. The molecule has 1 saturated heterocycles. The van der Waals surface area contributed by atoms with E-state index in [-0.39, 0.29) is 6.10 Å². The maximum atomic E-state index is 10.6. The lowest BCUT2D eigenvalue weighted by Gasteiger charge is -2.35. The number of hydrogen-bond acceptors (Lipinski definition) is 4. The number of guanidine groups is 1. The zero-order valence-electron chi connectivity index (χ0n) is 17.9. The molecule has 158 valence electrons. The predicted octanol–water partition coefficient (Wildman–Crippen LogP) is 2.94. The normalized spacial score (nSPS) is 19.5. The summed E-state index contributed by atoms with van der Waals surface area (Å²) in [5.74, 6) is 1.54. The van der Waals surface area contributed by atoms with Gasteiger partial charge in [0.25, 0.3) is 0 Å². The van der Waals surface area contributed by atoms with Crippen molar-refractivity contribution in [3.05, 3.63) is 29.8 Å². The number of aliphatic hydroxyl groups excluding tert-OH is 1. The Morgan fingerprint density at radius 2 is 2.11 bits per heavy atom. The third-order valence-corrected chi connectivity index (χ3v) is 5.04. The van der Waals surface area contributed by atoms with Crippen LogP contribution < -0.4 is 15.4 Å². The topological polar surface area (TPSA) is 69.1 Å². The van der Waals surface area contributed by atoms with Crippen molar-refractivity contribution in [3.63, 3.8) is 0 Å². The monoisotopic (exact) mass is 390 g/mol. The van der Waals surface area contributed by atoms with Crippen LogP contribution >= 0.6 is 0 Å². The van der Waals surface area contributed by atoms with Crippen LogP contribution in [0.15, 0.2) is 29.3 Å². The maximum absolute atomic E-state index is 10.6. The van der Waals surface area contributed by atoms with Gasteiger partial charge in [-0.15, -0.1) is 0 Å². The number of benzene rings is 1. The van der Waals surface area contributed by atoms with Crippen molar-refractivity contribution in [1.29, 1.82) is 0 Å². The zero-order chi connectivity index (χ0) is 20.4. The molecule has 1 fully saturated rings. The van der Waals surface area contributed by atoms with Crippen LogP contribution in [0.3, 0.4) is 0 Å². The van der Waals surface area contributed by atoms with Crippen LogP contribution in [0.4, 0.5) is 0 Å². The molecule has 0 amide bonds. The standard InChI is InChI=1S/C22H38N4O2/c1-5-23-22(24-15-19-11-7-8-13-26(19)6-2)25-16-21(27)18-10-9-12-20(14-18)28-17(3)4/h9-10,12,14,17,19,21,27H,5-8,11,13,15-16H2,1-4H3,(H2,23,24,25). The second-order valence-corrected chi connectivity index (χ2v) is 7.63. The second kappa shape index (κ2) is 11.9. The number of ether oxygens (including phenoxy) is 1. The van der Waals surface area contributed by atoms with Crippen LogP contribution in [0.2, 0.25) is 0 Å². The maximum Gasteiger partial charge on any atom is 0.191 e. The SMILES string of the molecule is CCNC(=NCC(O)c1cccc(OC(C)C)c1)NCC1CCCCN1CC. The van der Waals surface area contributed by atoms with Crippen LogP contribution in [0.1, 0.15) is 58.6 Å². The van der Waals surface area contributed by atoms with E-state index in [9.17, 15) is 5.11 Å². The third-order valence-electron chi connectivity index (χ3n) is 5.04. The molecule has 0 saturated carbocycles. The molecular weight excluding hydrogens is 352 g/mol. The Labute approximate surface area is 170 Å². The van der Waals surface area contributed by atoms with Crippen LogP contribution in [0, 0.1) is 0 Å². The summed E-state index contributed by atoms with van der Waals surface area (Å²) in [5, 5.41) is 17.3. The van der Waals surface area contributed by atoms with Gasteiger partial charge < -0.3 is 20.5 Å². The van der Waals surface area contributed by atoms with Gasteiger partial charge in [0.15, 0.2) is 5.96 Å². The fraction of sp³-hybridized carbons (Fsp3) is 0.682. The lowest BCUT2D eigenvalue weighted by atomic mass is 10.0. The third kappa shape index (κ3) is 7.32. The molecule has 6 nitrogen and oxygen atoms in total. The van der Waals surface area contributed by atoms with Gasteiger partial charge in [0.1, 0.15) is 5.75 Å². The molecule has 0 spiro atoms. The summed E-state index contributed by atoms with van der Waals surface area (Å²) in [7, 11) is 0. The summed E-state index contributed by atoms with van der Waals surface area (Å²) in [6, 6.07) is 8.18.